The van der Waals surface area contributed by atoms with Crippen LogP contribution in [0.2, 0.25) is 0 Å². The number of benzene rings is 2. The molecule has 4 rings (SSSR count). The summed E-state index contributed by atoms with van der Waals surface area (Å²) in [7, 11) is 1.91. The SMILES string of the molecule is Cn1c(/C=C2/SC(=S)N(c3ccc(CC(=O)O)cc3)C2=O)nc2ccccc21. The van der Waals surface area contributed by atoms with Crippen molar-refractivity contribution in [2.45, 2.75) is 6.42 Å². The Kier molecular flexibility index (Phi) is 4.74. The van der Waals surface area contributed by atoms with Crippen molar-refractivity contribution in [2.75, 3.05) is 4.90 Å². The lowest BCUT2D eigenvalue weighted by atomic mass is 10.1. The van der Waals surface area contributed by atoms with E-state index in [-0.39, 0.29) is 12.3 Å². The molecule has 1 fully saturated rings. The number of carboxylic acid groups (broad SMARTS) is 1. The lowest BCUT2D eigenvalue weighted by Crippen LogP contribution is -2.27. The Morgan fingerprint density at radius 3 is 2.61 bits per heavy atom. The maximum atomic E-state index is 12.9. The molecular weight excluding hydrogens is 394 g/mol. The van der Waals surface area contributed by atoms with Gasteiger partial charge in [0.25, 0.3) is 5.91 Å². The van der Waals surface area contributed by atoms with Crippen molar-refractivity contribution < 1.29 is 14.7 Å². The van der Waals surface area contributed by atoms with E-state index >= 15 is 0 Å². The van der Waals surface area contributed by atoms with Crippen molar-refractivity contribution in [1.29, 1.82) is 0 Å². The van der Waals surface area contributed by atoms with Crippen molar-refractivity contribution >= 4 is 63.0 Å². The van der Waals surface area contributed by atoms with Crippen LogP contribution in [0.3, 0.4) is 0 Å². The molecule has 1 aliphatic rings. The molecule has 3 aromatic rings. The third-order valence-electron chi connectivity index (χ3n) is 4.43. The minimum absolute atomic E-state index is 0.0642. The number of thioether (sulfide) groups is 1. The molecule has 1 aromatic heterocycles. The summed E-state index contributed by atoms with van der Waals surface area (Å²) in [5.74, 6) is -0.435. The summed E-state index contributed by atoms with van der Waals surface area (Å²) in [5, 5.41) is 8.88. The van der Waals surface area contributed by atoms with Crippen LogP contribution >= 0.6 is 24.0 Å². The molecule has 1 amide bonds. The van der Waals surface area contributed by atoms with E-state index < -0.39 is 5.97 Å². The topological polar surface area (TPSA) is 75.4 Å². The number of anilines is 1. The second-order valence-electron chi connectivity index (χ2n) is 6.27. The fraction of sp³-hybridized carbons (Fsp3) is 0.100. The number of rotatable bonds is 4. The third kappa shape index (κ3) is 3.32. The third-order valence-corrected chi connectivity index (χ3v) is 5.73. The number of nitrogens with zero attached hydrogens (tertiary/aromatic N) is 3. The summed E-state index contributed by atoms with van der Waals surface area (Å²) in [6.45, 7) is 0. The number of para-hydroxylation sites is 2. The average Bonchev–Trinajstić information content (AvgIpc) is 3.12. The van der Waals surface area contributed by atoms with E-state index in [9.17, 15) is 9.59 Å². The number of imidazole rings is 1. The highest BCUT2D eigenvalue weighted by Crippen LogP contribution is 2.36. The molecule has 0 unspecified atom stereocenters. The van der Waals surface area contributed by atoms with Gasteiger partial charge in [0.2, 0.25) is 0 Å². The van der Waals surface area contributed by atoms with Crippen LogP contribution in [0.4, 0.5) is 5.69 Å². The summed E-state index contributed by atoms with van der Waals surface area (Å²) >= 11 is 6.63. The molecule has 0 aliphatic carbocycles. The Bertz CT molecular complexity index is 1150. The quantitative estimate of drug-likeness (QED) is 0.524. The Labute approximate surface area is 170 Å². The summed E-state index contributed by atoms with van der Waals surface area (Å²) < 4.78 is 2.36. The second kappa shape index (κ2) is 7.21. The van der Waals surface area contributed by atoms with Crippen LogP contribution in [0.1, 0.15) is 11.4 Å². The number of aryl methyl sites for hydroxylation is 1. The molecule has 0 radical (unpaired) electrons. The molecule has 140 valence electrons. The lowest BCUT2D eigenvalue weighted by molar-refractivity contribution is -0.136. The molecule has 0 atom stereocenters. The number of thiocarbonyl (C=S) groups is 1. The maximum Gasteiger partial charge on any atom is 0.307 e. The maximum absolute atomic E-state index is 12.9. The minimum Gasteiger partial charge on any atom is -0.481 e. The Morgan fingerprint density at radius 1 is 1.21 bits per heavy atom. The zero-order valence-corrected chi connectivity index (χ0v) is 16.5. The van der Waals surface area contributed by atoms with Crippen LogP contribution in [-0.2, 0) is 23.1 Å². The molecule has 6 nitrogen and oxygen atoms in total. The molecule has 8 heteroatoms. The summed E-state index contributed by atoms with van der Waals surface area (Å²) in [5.41, 5.74) is 3.13. The van der Waals surface area contributed by atoms with Gasteiger partial charge < -0.3 is 9.67 Å². The summed E-state index contributed by atoms with van der Waals surface area (Å²) in [4.78, 5) is 30.3. The number of carbonyl (C=O) groups excluding carboxylic acids is 1. The predicted molar refractivity (Wildman–Crippen MR) is 114 cm³/mol. The van der Waals surface area contributed by atoms with Gasteiger partial charge in [-0.05, 0) is 29.8 Å². The van der Waals surface area contributed by atoms with Gasteiger partial charge in [-0.15, -0.1) is 0 Å². The first-order valence-electron chi connectivity index (χ1n) is 8.44. The standard InChI is InChI=1S/C20H15N3O3S2/c1-22-15-5-3-2-4-14(15)21-17(22)11-16-19(26)23(20(27)28-16)13-8-6-12(7-9-13)10-18(24)25/h2-9,11H,10H2,1H3,(H,24,25)/b16-11+. The Hall–Kier alpha value is -2.97. The van der Waals surface area contributed by atoms with Crippen molar-refractivity contribution in [3.8, 4) is 0 Å². The van der Waals surface area contributed by atoms with Crippen LogP contribution in [0, 0.1) is 0 Å². The molecule has 1 saturated heterocycles. The van der Waals surface area contributed by atoms with Gasteiger partial charge in [0.15, 0.2) is 4.32 Å². The summed E-state index contributed by atoms with van der Waals surface area (Å²) in [6, 6.07) is 14.6. The van der Waals surface area contributed by atoms with Crippen LogP contribution in [-0.4, -0.2) is 30.9 Å². The normalized spacial score (nSPS) is 15.8. The number of carboxylic acids is 1. The first-order valence-corrected chi connectivity index (χ1v) is 9.66. The molecule has 2 aromatic carbocycles. The fourth-order valence-corrected chi connectivity index (χ4v) is 4.31. The highest BCUT2D eigenvalue weighted by molar-refractivity contribution is 8.27. The monoisotopic (exact) mass is 409 g/mol. The van der Waals surface area contributed by atoms with Crippen molar-refractivity contribution in [2.24, 2.45) is 7.05 Å². The van der Waals surface area contributed by atoms with Gasteiger partial charge in [0, 0.05) is 13.1 Å². The number of hydrogen-bond donors (Lipinski definition) is 1. The summed E-state index contributed by atoms with van der Waals surface area (Å²) in [6.07, 6.45) is 1.68. The number of amides is 1. The molecular formula is C20H15N3O3S2. The largest absolute Gasteiger partial charge is 0.481 e. The van der Waals surface area contributed by atoms with Gasteiger partial charge in [0.1, 0.15) is 5.82 Å². The van der Waals surface area contributed by atoms with E-state index in [0.29, 0.717) is 26.3 Å². The van der Waals surface area contributed by atoms with Crippen molar-refractivity contribution in [3.63, 3.8) is 0 Å². The van der Waals surface area contributed by atoms with Gasteiger partial charge in [-0.25, -0.2) is 4.98 Å². The van der Waals surface area contributed by atoms with E-state index in [1.165, 1.54) is 16.7 Å². The predicted octanol–water partition coefficient (Wildman–Crippen LogP) is 3.61. The molecule has 28 heavy (non-hydrogen) atoms. The number of fused-ring (bicyclic) bond motifs is 1. The molecule has 1 N–H and O–H groups in total. The number of aromatic nitrogens is 2. The lowest BCUT2D eigenvalue weighted by Gasteiger charge is -2.14. The number of carbonyl (C=O) groups is 2. The smallest absolute Gasteiger partial charge is 0.307 e. The number of hydrogen-bond acceptors (Lipinski definition) is 5. The molecule has 0 spiro atoms. The van der Waals surface area contributed by atoms with Crippen molar-refractivity contribution in [3.05, 3.63) is 64.8 Å². The van der Waals surface area contributed by atoms with Crippen LogP contribution in [0.5, 0.6) is 0 Å². The molecule has 0 saturated carbocycles. The van der Waals surface area contributed by atoms with E-state index in [1.807, 2.05) is 35.9 Å². The van der Waals surface area contributed by atoms with Crippen LogP contribution in [0.25, 0.3) is 17.1 Å². The van der Waals surface area contributed by atoms with Gasteiger partial charge in [-0.2, -0.15) is 0 Å². The van der Waals surface area contributed by atoms with Gasteiger partial charge in [0.05, 0.1) is 28.0 Å². The molecule has 1 aliphatic heterocycles. The van der Waals surface area contributed by atoms with E-state index in [0.717, 1.165) is 11.0 Å². The Morgan fingerprint density at radius 2 is 1.93 bits per heavy atom. The second-order valence-corrected chi connectivity index (χ2v) is 7.95. The van der Waals surface area contributed by atoms with E-state index in [4.69, 9.17) is 17.3 Å². The molecule has 2 heterocycles. The molecule has 0 bridgehead atoms. The van der Waals surface area contributed by atoms with Gasteiger partial charge in [-0.1, -0.05) is 48.2 Å². The Balaban J connectivity index is 1.64. The van der Waals surface area contributed by atoms with E-state index in [1.54, 1.807) is 30.3 Å². The van der Waals surface area contributed by atoms with Crippen molar-refractivity contribution in [1.82, 2.24) is 9.55 Å². The minimum atomic E-state index is -0.899. The highest BCUT2D eigenvalue weighted by atomic mass is 32.2. The average molecular weight is 409 g/mol. The zero-order valence-electron chi connectivity index (χ0n) is 14.8. The van der Waals surface area contributed by atoms with E-state index in [2.05, 4.69) is 4.98 Å². The first-order chi connectivity index (χ1) is 13.4. The zero-order chi connectivity index (χ0) is 19.8. The highest BCUT2D eigenvalue weighted by Gasteiger charge is 2.33. The van der Waals surface area contributed by atoms with Crippen LogP contribution in [0.15, 0.2) is 53.4 Å². The number of aliphatic carboxylic acids is 1. The van der Waals surface area contributed by atoms with Crippen LogP contribution < -0.4 is 4.90 Å². The van der Waals surface area contributed by atoms with Gasteiger partial charge in [-0.3, -0.25) is 14.5 Å². The van der Waals surface area contributed by atoms with Gasteiger partial charge >= 0.3 is 5.97 Å². The first kappa shape index (κ1) is 18.4. The fourth-order valence-electron chi connectivity index (χ4n) is 3.04.